The molecule has 0 unspecified atom stereocenters. The number of pyridine rings is 1. The lowest BCUT2D eigenvalue weighted by atomic mass is 10.1. The van der Waals surface area contributed by atoms with E-state index in [0.717, 1.165) is 16.3 Å². The van der Waals surface area contributed by atoms with Crippen LogP contribution in [0.3, 0.4) is 0 Å². The fraction of sp³-hybridized carbons (Fsp3) is 0. The first-order chi connectivity index (χ1) is 8.27. The van der Waals surface area contributed by atoms with Crippen LogP contribution in [-0.2, 0) is 0 Å². The van der Waals surface area contributed by atoms with Gasteiger partial charge in [-0.15, -0.1) is 0 Å². The number of rotatable bonds is 0. The molecule has 0 spiro atoms. The van der Waals surface area contributed by atoms with Gasteiger partial charge in [0.05, 0.1) is 0 Å². The fourth-order valence-corrected chi connectivity index (χ4v) is 2.65. The fourth-order valence-electron chi connectivity index (χ4n) is 2.65. The quantitative estimate of drug-likeness (QED) is 0.462. The Morgan fingerprint density at radius 1 is 0.765 bits per heavy atom. The van der Waals surface area contributed by atoms with Crippen molar-refractivity contribution in [1.82, 2.24) is 4.98 Å². The lowest BCUT2D eigenvalue weighted by Gasteiger charge is -2.00. The van der Waals surface area contributed by atoms with Crippen LogP contribution >= 0.6 is 0 Å². The van der Waals surface area contributed by atoms with E-state index in [-0.39, 0.29) is 11.0 Å². The van der Waals surface area contributed by atoms with Crippen LogP contribution in [0.2, 0.25) is 0 Å². The molecule has 4 aromatic rings. The molecule has 3 heteroatoms. The number of aromatic amines is 1. The van der Waals surface area contributed by atoms with Gasteiger partial charge in [0.2, 0.25) is 0 Å². The Morgan fingerprint density at radius 3 is 2.24 bits per heavy atom. The Kier molecular flexibility index (Phi) is 1.35. The molecule has 0 atom stereocenters. The van der Waals surface area contributed by atoms with Crippen LogP contribution < -0.4 is 11.0 Å². The minimum Gasteiger partial charge on any atom is -0.321 e. The first kappa shape index (κ1) is 8.70. The van der Waals surface area contributed by atoms with Crippen LogP contribution in [0.25, 0.3) is 32.4 Å². The second kappa shape index (κ2) is 2.63. The molecule has 0 fully saturated rings. The van der Waals surface area contributed by atoms with Crippen molar-refractivity contribution in [3.63, 3.8) is 0 Å². The van der Waals surface area contributed by atoms with Gasteiger partial charge in [0.1, 0.15) is 0 Å². The lowest BCUT2D eigenvalue weighted by Crippen LogP contribution is -2.05. The number of H-pyrrole nitrogens is 1. The molecule has 0 saturated heterocycles. The summed E-state index contributed by atoms with van der Waals surface area (Å²) in [5, 5.41) is 3.59. The average Bonchev–Trinajstić information content (AvgIpc) is 2.64. The van der Waals surface area contributed by atoms with Crippen molar-refractivity contribution in [3.8, 4) is 0 Å². The van der Waals surface area contributed by atoms with E-state index in [4.69, 9.17) is 0 Å². The van der Waals surface area contributed by atoms with E-state index >= 15 is 0 Å². The number of benzene rings is 2. The molecule has 0 bridgehead atoms. The maximum Gasteiger partial charge on any atom is 0.256 e. The zero-order valence-corrected chi connectivity index (χ0v) is 8.78. The van der Waals surface area contributed by atoms with Crippen LogP contribution in [0.15, 0.2) is 46.0 Å². The average molecular weight is 221 g/mol. The van der Waals surface area contributed by atoms with Crippen LogP contribution in [-0.4, -0.2) is 4.98 Å². The Labute approximate surface area is 95.0 Å². The molecule has 3 aromatic carbocycles. The molecular weight excluding hydrogens is 214 g/mol. The van der Waals surface area contributed by atoms with Crippen molar-refractivity contribution in [2.24, 2.45) is 0 Å². The zero-order valence-electron chi connectivity index (χ0n) is 8.78. The van der Waals surface area contributed by atoms with E-state index in [0.29, 0.717) is 16.2 Å². The highest BCUT2D eigenvalue weighted by atomic mass is 16.1. The third kappa shape index (κ3) is 0.877. The molecule has 0 radical (unpaired) electrons. The largest absolute Gasteiger partial charge is 0.321 e. The molecule has 1 N–H and O–H groups in total. The predicted octanol–water partition coefficient (Wildman–Crippen LogP) is 2.07. The highest BCUT2D eigenvalue weighted by Gasteiger charge is 2.15. The van der Waals surface area contributed by atoms with Gasteiger partial charge in [-0.3, -0.25) is 9.59 Å². The normalized spacial score (nSPS) is 12.0. The van der Waals surface area contributed by atoms with Crippen LogP contribution in [0.4, 0.5) is 0 Å². The van der Waals surface area contributed by atoms with Gasteiger partial charge in [0.15, 0.2) is 5.43 Å². The highest BCUT2D eigenvalue weighted by Crippen LogP contribution is 2.29. The SMILES string of the molecule is O=c1[nH]c2cccc3c(=O)c4cccc1c4c23. The number of hydrogen-bond donors (Lipinski definition) is 1. The van der Waals surface area contributed by atoms with Gasteiger partial charge in [0.25, 0.3) is 5.56 Å². The van der Waals surface area contributed by atoms with Crippen molar-refractivity contribution in [2.75, 3.05) is 0 Å². The first-order valence-electron chi connectivity index (χ1n) is 5.40. The lowest BCUT2D eigenvalue weighted by molar-refractivity contribution is 1.35. The second-order valence-corrected chi connectivity index (χ2v) is 4.24. The van der Waals surface area contributed by atoms with Gasteiger partial charge in [-0.1, -0.05) is 24.3 Å². The number of hydrogen-bond acceptors (Lipinski definition) is 2. The molecule has 80 valence electrons. The summed E-state index contributed by atoms with van der Waals surface area (Å²) in [6, 6.07) is 10.7. The summed E-state index contributed by atoms with van der Waals surface area (Å²) in [4.78, 5) is 26.9. The molecule has 1 aromatic heterocycles. The van der Waals surface area contributed by atoms with E-state index in [1.807, 2.05) is 12.1 Å². The van der Waals surface area contributed by atoms with Gasteiger partial charge >= 0.3 is 0 Å². The van der Waals surface area contributed by atoms with Crippen molar-refractivity contribution < 1.29 is 0 Å². The molecule has 17 heavy (non-hydrogen) atoms. The topological polar surface area (TPSA) is 49.9 Å². The third-order valence-corrected chi connectivity index (χ3v) is 3.36. The standard InChI is InChI=1S/C14H7NO2/c16-13-7-3-1-5-9-11(7)12-8(13)4-2-6-10(12)15-14(9)17/h1-6H,(H,15,17). The van der Waals surface area contributed by atoms with Gasteiger partial charge in [-0.2, -0.15) is 0 Å². The summed E-state index contributed by atoms with van der Waals surface area (Å²) < 4.78 is 0. The third-order valence-electron chi connectivity index (χ3n) is 3.36. The molecule has 3 nitrogen and oxygen atoms in total. The Hall–Kier alpha value is -2.42. The number of aromatic nitrogens is 1. The maximum atomic E-state index is 12.2. The van der Waals surface area contributed by atoms with E-state index in [1.54, 1.807) is 24.3 Å². The van der Waals surface area contributed by atoms with Crippen LogP contribution in [0, 0.1) is 0 Å². The van der Waals surface area contributed by atoms with E-state index in [2.05, 4.69) is 4.98 Å². The molecule has 1 heterocycles. The predicted molar refractivity (Wildman–Crippen MR) is 68.2 cm³/mol. The van der Waals surface area contributed by atoms with E-state index < -0.39 is 0 Å². The summed E-state index contributed by atoms with van der Waals surface area (Å²) in [6.07, 6.45) is 0. The summed E-state index contributed by atoms with van der Waals surface area (Å²) in [7, 11) is 0. The van der Waals surface area contributed by atoms with Crippen LogP contribution in [0.1, 0.15) is 0 Å². The van der Waals surface area contributed by atoms with Crippen molar-refractivity contribution >= 4 is 32.4 Å². The summed E-state index contributed by atoms with van der Waals surface area (Å²) in [6.45, 7) is 0. The smallest absolute Gasteiger partial charge is 0.256 e. The van der Waals surface area contributed by atoms with E-state index in [1.165, 1.54) is 0 Å². The Balaban J connectivity index is 2.65. The monoisotopic (exact) mass is 221 g/mol. The Morgan fingerprint density at radius 2 is 1.41 bits per heavy atom. The van der Waals surface area contributed by atoms with Gasteiger partial charge in [-0.05, 0) is 12.1 Å². The van der Waals surface area contributed by atoms with Gasteiger partial charge < -0.3 is 4.98 Å². The van der Waals surface area contributed by atoms with Crippen molar-refractivity contribution in [1.29, 1.82) is 0 Å². The molecule has 0 amide bonds. The summed E-state index contributed by atoms with van der Waals surface area (Å²) >= 11 is 0. The van der Waals surface area contributed by atoms with E-state index in [9.17, 15) is 9.59 Å². The summed E-state index contributed by atoms with van der Waals surface area (Å²) in [5.74, 6) is 0. The zero-order chi connectivity index (χ0) is 11.6. The van der Waals surface area contributed by atoms with Gasteiger partial charge in [-0.25, -0.2) is 0 Å². The molecule has 0 aliphatic rings. The highest BCUT2D eigenvalue weighted by molar-refractivity contribution is 6.24. The van der Waals surface area contributed by atoms with Crippen molar-refractivity contribution in [2.45, 2.75) is 0 Å². The Bertz CT molecular complexity index is 968. The molecule has 4 rings (SSSR count). The molecule has 0 aliphatic carbocycles. The van der Waals surface area contributed by atoms with Gasteiger partial charge in [0, 0.05) is 32.4 Å². The summed E-state index contributed by atoms with van der Waals surface area (Å²) in [5.41, 5.74) is 0.606. The first-order valence-corrected chi connectivity index (χ1v) is 5.40. The molecule has 0 aliphatic heterocycles. The van der Waals surface area contributed by atoms with Crippen LogP contribution in [0.5, 0.6) is 0 Å². The minimum absolute atomic E-state index is 0.00944. The minimum atomic E-state index is -0.138. The second-order valence-electron chi connectivity index (χ2n) is 4.24. The maximum absolute atomic E-state index is 12.2. The van der Waals surface area contributed by atoms with Crippen molar-refractivity contribution in [3.05, 3.63) is 57.0 Å². The molecular formula is C14H7NO2. The molecule has 0 saturated carbocycles. The number of nitrogens with one attached hydrogen (secondary N) is 1.